The van der Waals surface area contributed by atoms with Crippen molar-refractivity contribution < 1.29 is 58.4 Å². The van der Waals surface area contributed by atoms with Crippen LogP contribution in [0.1, 0.15) is 81.1 Å². The molecule has 4 N–H and O–H groups in total. The van der Waals surface area contributed by atoms with Crippen LogP contribution in [-0.4, -0.2) is 126 Å². The van der Waals surface area contributed by atoms with Crippen LogP contribution in [0.4, 0.5) is 0 Å². The highest BCUT2D eigenvalue weighted by molar-refractivity contribution is 5.89. The van der Waals surface area contributed by atoms with E-state index in [1.54, 1.807) is 39.0 Å². The minimum Gasteiger partial charge on any atom is -0.459 e. The second kappa shape index (κ2) is 21.1. The summed E-state index contributed by atoms with van der Waals surface area (Å²) in [6, 6.07) is -1.37. The smallest absolute Gasteiger partial charge is 0.336 e. The van der Waals surface area contributed by atoms with Gasteiger partial charge in [-0.05, 0) is 78.0 Å². The quantitative estimate of drug-likeness (QED) is 0.140. The van der Waals surface area contributed by atoms with Crippen LogP contribution in [0, 0.1) is 10.8 Å². The summed E-state index contributed by atoms with van der Waals surface area (Å²) in [7, 11) is 2.91. The zero-order valence-corrected chi connectivity index (χ0v) is 33.4. The second-order valence-corrected chi connectivity index (χ2v) is 15.0. The Hall–Kier alpha value is -2.63. The van der Waals surface area contributed by atoms with E-state index in [1.807, 2.05) is 52.8 Å². The van der Waals surface area contributed by atoms with Crippen molar-refractivity contribution in [2.75, 3.05) is 20.8 Å². The molecule has 3 aliphatic rings. The monoisotopic (exact) mass is 765 g/mol. The Morgan fingerprint density at radius 1 is 0.944 bits per heavy atom. The molecule has 3 heterocycles. The van der Waals surface area contributed by atoms with Gasteiger partial charge in [0, 0.05) is 26.6 Å². The number of nitrogens with zero attached hydrogens (tertiary/aromatic N) is 1. The zero-order valence-electron chi connectivity index (χ0n) is 33.4. The molecule has 3 rings (SSSR count). The van der Waals surface area contributed by atoms with E-state index in [9.17, 15) is 30.1 Å². The Labute approximate surface area is 319 Å². The lowest BCUT2D eigenvalue weighted by Gasteiger charge is -2.46. The average molecular weight is 766 g/mol. The van der Waals surface area contributed by atoms with Gasteiger partial charge in [-0.3, -0.25) is 0 Å². The first-order valence-electron chi connectivity index (χ1n) is 18.8. The lowest BCUT2D eigenvalue weighted by atomic mass is 9.87. The number of allylic oxidation sites excluding steroid dienone is 4. The molecule has 0 aromatic rings. The lowest BCUT2D eigenvalue weighted by Crippen LogP contribution is -2.62. The third kappa shape index (κ3) is 11.7. The molecule has 13 atom stereocenters. The molecule has 0 bridgehead atoms. The number of aliphatic hydroxyl groups is 4. The molecule has 0 saturated carbocycles. The van der Waals surface area contributed by atoms with Crippen molar-refractivity contribution in [2.45, 2.75) is 160 Å². The Kier molecular flexibility index (Phi) is 17.8. The maximum Gasteiger partial charge on any atom is 0.336 e. The molecule has 2 fully saturated rings. The van der Waals surface area contributed by atoms with Gasteiger partial charge in [0.05, 0.1) is 36.1 Å². The highest BCUT2D eigenvalue weighted by Gasteiger charge is 2.51. The fourth-order valence-electron chi connectivity index (χ4n) is 6.95. The summed E-state index contributed by atoms with van der Waals surface area (Å²) < 4.78 is 41.3. The van der Waals surface area contributed by atoms with Crippen LogP contribution in [0.3, 0.4) is 0 Å². The Bertz CT molecular complexity index is 1390. The first kappa shape index (κ1) is 45.8. The van der Waals surface area contributed by atoms with Gasteiger partial charge in [-0.1, -0.05) is 55.0 Å². The van der Waals surface area contributed by atoms with Crippen molar-refractivity contribution in [3.05, 3.63) is 63.7 Å². The van der Waals surface area contributed by atoms with E-state index >= 15 is 0 Å². The van der Waals surface area contributed by atoms with Gasteiger partial charge in [0.2, 0.25) is 0 Å². The van der Waals surface area contributed by atoms with Gasteiger partial charge in [0.25, 0.3) is 0 Å². The van der Waals surface area contributed by atoms with E-state index < -0.39 is 85.1 Å². The fraction of sp³-hybridized carbons (Fsp3) is 0.725. The van der Waals surface area contributed by atoms with Gasteiger partial charge in [-0.2, -0.15) is 4.91 Å². The number of aliphatic hydroxyl groups excluding tert-OH is 4. The number of rotatable bonds is 10. The van der Waals surface area contributed by atoms with E-state index in [2.05, 4.69) is 5.18 Å². The molecule has 0 aliphatic carbocycles. The predicted molar refractivity (Wildman–Crippen MR) is 201 cm³/mol. The molecule has 0 aromatic carbocycles. The summed E-state index contributed by atoms with van der Waals surface area (Å²) >= 11 is 0. The molecule has 0 spiro atoms. The van der Waals surface area contributed by atoms with Gasteiger partial charge >= 0.3 is 5.97 Å². The third-order valence-corrected chi connectivity index (χ3v) is 10.4. The average Bonchev–Trinajstić information content (AvgIpc) is 3.12. The maximum atomic E-state index is 13.6. The number of methoxy groups -OCH3 is 2. The molecular weight excluding hydrogens is 702 g/mol. The largest absolute Gasteiger partial charge is 0.459 e. The molecule has 13 unspecified atom stereocenters. The summed E-state index contributed by atoms with van der Waals surface area (Å²) in [4.78, 5) is 25.5. The minimum absolute atomic E-state index is 0.197. The molecule has 14 heteroatoms. The van der Waals surface area contributed by atoms with Gasteiger partial charge in [-0.25, -0.2) is 4.79 Å². The van der Waals surface area contributed by atoms with Crippen molar-refractivity contribution in [3.8, 4) is 0 Å². The van der Waals surface area contributed by atoms with Crippen molar-refractivity contribution in [1.82, 2.24) is 0 Å². The van der Waals surface area contributed by atoms with E-state index in [4.69, 9.17) is 33.2 Å². The summed E-state index contributed by atoms with van der Waals surface area (Å²) in [6.07, 6.45) is 2.44. The Morgan fingerprint density at radius 3 is 2.24 bits per heavy atom. The Morgan fingerprint density at radius 2 is 1.63 bits per heavy atom. The highest BCUT2D eigenvalue weighted by atomic mass is 16.7. The minimum atomic E-state index is -1.50. The van der Waals surface area contributed by atoms with Crippen molar-refractivity contribution >= 4 is 5.97 Å². The number of hydrogen-bond acceptors (Lipinski definition) is 14. The molecular formula is C40H63NO13. The molecule has 0 radical (unpaired) electrons. The standard InChI is InChI=1S/C40H63NO13/c1-11-26-20-23(4)29(42)16-14-13-15-27(21-50-39-35(49-10)32(44)34(48-9)25(6)51-39)37(46)52-28(12-2)18-17-22(3)19-24(5)33(26)53-38-30(41-47)31(43)36(45)40(7,8)54-38/h13-15,17,19-20,25-26,28-36,38-39,42-45H,11-12,16,18,21H2,1-10H3/b14-13+,22-17+,23-20+,24-19+,27-15+. The van der Waals surface area contributed by atoms with Crippen LogP contribution in [0.25, 0.3) is 0 Å². The van der Waals surface area contributed by atoms with E-state index in [0.717, 1.165) is 11.1 Å². The van der Waals surface area contributed by atoms with Gasteiger partial charge in [0.15, 0.2) is 18.6 Å². The second-order valence-electron chi connectivity index (χ2n) is 15.0. The SMILES string of the molecule is CCC1C/C=C(C)/C=C(\C)C(OC2OC(C)(C)C(O)C(O)C2N=O)C(CC)/C=C(\C)C(O)C/C=C/C=C(\COC2OC(C)C(OC)C(O)C2OC)C(=O)O1. The number of hydrogen-bond donors (Lipinski definition) is 4. The number of nitroso groups, excluding NO2 is 1. The number of ether oxygens (including phenoxy) is 7. The summed E-state index contributed by atoms with van der Waals surface area (Å²) in [5, 5.41) is 46.4. The molecule has 0 amide bonds. The van der Waals surface area contributed by atoms with Gasteiger partial charge in [-0.15, -0.1) is 0 Å². The summed E-state index contributed by atoms with van der Waals surface area (Å²) in [5.41, 5.74) is 1.30. The molecule has 14 nitrogen and oxygen atoms in total. The number of carbonyl (C=O) groups is 1. The molecule has 2 saturated heterocycles. The summed E-state index contributed by atoms with van der Waals surface area (Å²) in [5.74, 6) is -0.878. The number of esters is 1. The maximum absolute atomic E-state index is 13.6. The normalized spacial score (nSPS) is 42.0. The van der Waals surface area contributed by atoms with Gasteiger partial charge in [0.1, 0.15) is 36.6 Å². The summed E-state index contributed by atoms with van der Waals surface area (Å²) in [6.45, 7) is 14.3. The van der Waals surface area contributed by atoms with E-state index in [1.165, 1.54) is 14.2 Å². The van der Waals surface area contributed by atoms with Crippen LogP contribution in [-0.2, 0) is 38.0 Å². The van der Waals surface area contributed by atoms with E-state index in [0.29, 0.717) is 24.8 Å². The number of carbonyl (C=O) groups excluding carboxylic acids is 1. The molecule has 0 aromatic heterocycles. The molecule has 54 heavy (non-hydrogen) atoms. The van der Waals surface area contributed by atoms with Crippen molar-refractivity contribution in [3.63, 3.8) is 0 Å². The van der Waals surface area contributed by atoms with Crippen LogP contribution >= 0.6 is 0 Å². The molecule has 306 valence electrons. The topological polar surface area (TPSA) is 192 Å². The lowest BCUT2D eigenvalue weighted by molar-refractivity contribution is -0.300. The van der Waals surface area contributed by atoms with Crippen LogP contribution in [0.5, 0.6) is 0 Å². The molecule has 3 aliphatic heterocycles. The van der Waals surface area contributed by atoms with Crippen LogP contribution in [0.2, 0.25) is 0 Å². The van der Waals surface area contributed by atoms with E-state index in [-0.39, 0.29) is 24.5 Å². The van der Waals surface area contributed by atoms with Crippen LogP contribution < -0.4 is 0 Å². The van der Waals surface area contributed by atoms with Crippen LogP contribution in [0.15, 0.2) is 63.9 Å². The highest BCUT2D eigenvalue weighted by Crippen LogP contribution is 2.35. The first-order chi connectivity index (χ1) is 25.5. The van der Waals surface area contributed by atoms with Crippen molar-refractivity contribution in [2.24, 2.45) is 11.1 Å². The van der Waals surface area contributed by atoms with Gasteiger partial charge < -0.3 is 53.6 Å². The Balaban J connectivity index is 1.96. The zero-order chi connectivity index (χ0) is 40.3. The first-order valence-corrected chi connectivity index (χ1v) is 18.8. The third-order valence-electron chi connectivity index (χ3n) is 10.4. The number of cyclic esters (lactones) is 1. The fourth-order valence-corrected chi connectivity index (χ4v) is 6.95. The van der Waals surface area contributed by atoms with Crippen molar-refractivity contribution in [1.29, 1.82) is 0 Å². The predicted octanol–water partition coefficient (Wildman–Crippen LogP) is 4.34.